The highest BCUT2D eigenvalue weighted by molar-refractivity contribution is 6.00. The number of rotatable bonds is 7. The number of fused-ring (bicyclic) bond motifs is 1. The Hall–Kier alpha value is -1.77. The van der Waals surface area contributed by atoms with Crippen LogP contribution in [-0.4, -0.2) is 32.2 Å². The molecule has 1 heterocycles. The summed E-state index contributed by atoms with van der Waals surface area (Å²) in [4.78, 5) is 9.21. The molecule has 0 aliphatic heterocycles. The minimum atomic E-state index is 1.01. The van der Waals surface area contributed by atoms with Crippen LogP contribution in [0.2, 0.25) is 0 Å². The van der Waals surface area contributed by atoms with Crippen LogP contribution >= 0.6 is 0 Å². The molecule has 0 aliphatic carbocycles. The maximum atomic E-state index is 4.73. The van der Waals surface area contributed by atoms with Gasteiger partial charge in [-0.3, -0.25) is 0 Å². The number of hydrogen-bond donors (Lipinski definition) is 0. The third-order valence-electron chi connectivity index (χ3n) is 4.26. The summed E-state index contributed by atoms with van der Waals surface area (Å²) in [5.41, 5.74) is 2.66. The molecule has 0 bridgehead atoms. The normalized spacial score (nSPS) is 11.0. The summed E-state index contributed by atoms with van der Waals surface area (Å²) in [6.07, 6.45) is 5.65. The van der Waals surface area contributed by atoms with Crippen molar-refractivity contribution in [3.63, 3.8) is 0 Å². The largest absolute Gasteiger partial charge is 0.370 e. The van der Waals surface area contributed by atoms with Crippen molar-refractivity contribution in [1.82, 2.24) is 4.98 Å². The van der Waals surface area contributed by atoms with E-state index in [1.807, 2.05) is 6.20 Å². The molecule has 0 aliphatic rings. The summed E-state index contributed by atoms with van der Waals surface area (Å²) in [5.74, 6) is 1.06. The lowest BCUT2D eigenvalue weighted by molar-refractivity contribution is 0.796. The van der Waals surface area contributed by atoms with Gasteiger partial charge in [0.05, 0.1) is 11.9 Å². The van der Waals surface area contributed by atoms with E-state index in [9.17, 15) is 0 Å². The fourth-order valence-corrected chi connectivity index (χ4v) is 2.97. The number of pyridine rings is 1. The molecule has 0 unspecified atom stereocenters. The first-order valence-electron chi connectivity index (χ1n) is 8.46. The molecule has 3 nitrogen and oxygen atoms in total. The second-order valence-electron chi connectivity index (χ2n) is 6.02. The zero-order chi connectivity index (χ0) is 16.1. The Morgan fingerprint density at radius 1 is 1.00 bits per heavy atom. The molecule has 0 atom stereocenters. The molecule has 2 aromatic rings. The topological polar surface area (TPSA) is 19.4 Å². The van der Waals surface area contributed by atoms with Gasteiger partial charge in [-0.2, -0.15) is 0 Å². The van der Waals surface area contributed by atoms with Crippen molar-refractivity contribution in [2.24, 2.45) is 0 Å². The summed E-state index contributed by atoms with van der Waals surface area (Å²) < 4.78 is 0. The zero-order valence-corrected chi connectivity index (χ0v) is 14.7. The number of hydrogen-bond acceptors (Lipinski definition) is 3. The van der Waals surface area contributed by atoms with E-state index in [1.165, 1.54) is 34.9 Å². The maximum Gasteiger partial charge on any atom is 0.136 e. The molecule has 1 aromatic heterocycles. The molecule has 0 N–H and O–H groups in total. The number of anilines is 2. The molecule has 3 heteroatoms. The monoisotopic (exact) mass is 299 g/mol. The smallest absolute Gasteiger partial charge is 0.136 e. The molecule has 0 spiro atoms. The van der Waals surface area contributed by atoms with Crippen molar-refractivity contribution in [3.05, 3.63) is 30.0 Å². The molecule has 0 radical (unpaired) electrons. The van der Waals surface area contributed by atoms with Crippen LogP contribution in [0.25, 0.3) is 10.8 Å². The van der Waals surface area contributed by atoms with Crippen LogP contribution in [0.3, 0.4) is 0 Å². The van der Waals surface area contributed by atoms with E-state index in [2.05, 4.69) is 62.9 Å². The third kappa shape index (κ3) is 3.34. The van der Waals surface area contributed by atoms with Gasteiger partial charge in [0.1, 0.15) is 5.82 Å². The third-order valence-corrected chi connectivity index (χ3v) is 4.26. The molecule has 0 fully saturated rings. The zero-order valence-electron chi connectivity index (χ0n) is 14.7. The second kappa shape index (κ2) is 7.48. The van der Waals surface area contributed by atoms with Crippen molar-refractivity contribution < 1.29 is 0 Å². The van der Waals surface area contributed by atoms with E-state index in [0.717, 1.165) is 25.3 Å². The molecule has 22 heavy (non-hydrogen) atoms. The summed E-state index contributed by atoms with van der Waals surface area (Å²) in [5, 5.41) is 2.57. The summed E-state index contributed by atoms with van der Waals surface area (Å²) >= 11 is 0. The van der Waals surface area contributed by atoms with Crippen LogP contribution in [0.5, 0.6) is 0 Å². The molecular weight excluding hydrogens is 270 g/mol. The molecular formula is C19H29N3. The average molecular weight is 299 g/mol. The second-order valence-corrected chi connectivity index (χ2v) is 6.02. The standard InChI is InChI=1S/C19H29N3/c1-6-9-10-15-11-12-16-17(13-15)19(21(4)5)20-14-18(16)22(7-2)8-3/h11-14H,6-10H2,1-5H3. The Morgan fingerprint density at radius 2 is 1.73 bits per heavy atom. The number of aromatic nitrogens is 1. The number of nitrogens with zero attached hydrogens (tertiary/aromatic N) is 3. The number of aryl methyl sites for hydroxylation is 1. The first-order chi connectivity index (χ1) is 10.6. The van der Waals surface area contributed by atoms with E-state index < -0.39 is 0 Å². The van der Waals surface area contributed by atoms with Crippen LogP contribution in [0.15, 0.2) is 24.4 Å². The van der Waals surface area contributed by atoms with Crippen molar-refractivity contribution >= 4 is 22.3 Å². The van der Waals surface area contributed by atoms with Crippen LogP contribution in [-0.2, 0) is 6.42 Å². The molecule has 0 amide bonds. The van der Waals surface area contributed by atoms with Crippen LogP contribution < -0.4 is 9.80 Å². The van der Waals surface area contributed by atoms with Crippen molar-refractivity contribution in [3.8, 4) is 0 Å². The van der Waals surface area contributed by atoms with Crippen molar-refractivity contribution in [2.45, 2.75) is 40.0 Å². The van der Waals surface area contributed by atoms with Gasteiger partial charge in [-0.05, 0) is 38.3 Å². The molecule has 2 rings (SSSR count). The highest BCUT2D eigenvalue weighted by Crippen LogP contribution is 2.32. The highest BCUT2D eigenvalue weighted by Gasteiger charge is 2.13. The van der Waals surface area contributed by atoms with Crippen LogP contribution in [0.4, 0.5) is 11.5 Å². The maximum absolute atomic E-state index is 4.73. The van der Waals surface area contributed by atoms with Crippen molar-refractivity contribution in [1.29, 1.82) is 0 Å². The lowest BCUT2D eigenvalue weighted by Crippen LogP contribution is -2.22. The predicted molar refractivity (Wildman–Crippen MR) is 98.2 cm³/mol. The van der Waals surface area contributed by atoms with Crippen molar-refractivity contribution in [2.75, 3.05) is 37.0 Å². The minimum absolute atomic E-state index is 1.01. The van der Waals surface area contributed by atoms with Gasteiger partial charge in [0.25, 0.3) is 0 Å². The fourth-order valence-electron chi connectivity index (χ4n) is 2.97. The van der Waals surface area contributed by atoms with Gasteiger partial charge in [-0.1, -0.05) is 25.5 Å². The van der Waals surface area contributed by atoms with E-state index in [1.54, 1.807) is 0 Å². The van der Waals surface area contributed by atoms with E-state index in [4.69, 9.17) is 4.98 Å². The van der Waals surface area contributed by atoms with Gasteiger partial charge >= 0.3 is 0 Å². The molecule has 0 saturated heterocycles. The van der Waals surface area contributed by atoms with Gasteiger partial charge in [0.15, 0.2) is 0 Å². The van der Waals surface area contributed by atoms with Gasteiger partial charge in [0, 0.05) is 38.0 Å². The lowest BCUT2D eigenvalue weighted by atomic mass is 10.0. The Morgan fingerprint density at radius 3 is 2.32 bits per heavy atom. The summed E-state index contributed by atoms with van der Waals surface area (Å²) in [6.45, 7) is 8.65. The lowest BCUT2D eigenvalue weighted by Gasteiger charge is -2.24. The fraction of sp³-hybridized carbons (Fsp3) is 0.526. The van der Waals surface area contributed by atoms with Crippen LogP contribution in [0, 0.1) is 0 Å². The van der Waals surface area contributed by atoms with Gasteiger partial charge in [0.2, 0.25) is 0 Å². The van der Waals surface area contributed by atoms with Gasteiger partial charge in [-0.15, -0.1) is 0 Å². The molecule has 0 saturated carbocycles. The highest BCUT2D eigenvalue weighted by atomic mass is 15.2. The summed E-state index contributed by atoms with van der Waals surface area (Å²) in [7, 11) is 4.13. The molecule has 120 valence electrons. The summed E-state index contributed by atoms with van der Waals surface area (Å²) in [6, 6.07) is 6.90. The first-order valence-corrected chi connectivity index (χ1v) is 8.46. The van der Waals surface area contributed by atoms with Crippen LogP contribution in [0.1, 0.15) is 39.2 Å². The quantitative estimate of drug-likeness (QED) is 0.751. The number of unbranched alkanes of at least 4 members (excludes halogenated alkanes) is 1. The minimum Gasteiger partial charge on any atom is -0.370 e. The van der Waals surface area contributed by atoms with E-state index in [0.29, 0.717) is 0 Å². The van der Waals surface area contributed by atoms with Gasteiger partial charge in [-0.25, -0.2) is 4.98 Å². The first kappa shape index (κ1) is 16.6. The van der Waals surface area contributed by atoms with E-state index in [-0.39, 0.29) is 0 Å². The Kier molecular flexibility index (Phi) is 5.64. The Labute approximate surface area is 135 Å². The Bertz CT molecular complexity index is 615. The predicted octanol–water partition coefficient (Wildman–Crippen LogP) is 4.49. The van der Waals surface area contributed by atoms with E-state index >= 15 is 0 Å². The number of benzene rings is 1. The van der Waals surface area contributed by atoms with Gasteiger partial charge < -0.3 is 9.80 Å². The molecule has 1 aromatic carbocycles. The average Bonchev–Trinajstić information content (AvgIpc) is 2.53. The Balaban J connectivity index is 2.59. The SMILES string of the molecule is CCCCc1ccc2c(N(CC)CC)cnc(N(C)C)c2c1.